The van der Waals surface area contributed by atoms with Crippen molar-refractivity contribution in [3.8, 4) is 5.75 Å². The van der Waals surface area contributed by atoms with Gasteiger partial charge >= 0.3 is 0 Å². The van der Waals surface area contributed by atoms with Crippen molar-refractivity contribution < 1.29 is 9.53 Å². The van der Waals surface area contributed by atoms with Crippen molar-refractivity contribution in [1.29, 1.82) is 0 Å². The fourth-order valence-corrected chi connectivity index (χ4v) is 6.03. The van der Waals surface area contributed by atoms with Crippen LogP contribution < -0.4 is 9.64 Å². The van der Waals surface area contributed by atoms with Gasteiger partial charge in [-0.3, -0.25) is 9.69 Å². The van der Waals surface area contributed by atoms with Gasteiger partial charge in [0.05, 0.1) is 17.5 Å². The molecule has 3 aromatic rings. The van der Waals surface area contributed by atoms with Gasteiger partial charge in [-0.15, -0.1) is 0 Å². The van der Waals surface area contributed by atoms with Gasteiger partial charge in [-0.2, -0.15) is 0 Å². The number of aryl methyl sites for hydroxylation is 1. The van der Waals surface area contributed by atoms with Gasteiger partial charge in [-0.1, -0.05) is 42.8 Å². The number of piperidine rings is 1. The molecule has 1 saturated heterocycles. The van der Waals surface area contributed by atoms with Crippen LogP contribution in [0.25, 0.3) is 10.9 Å². The van der Waals surface area contributed by atoms with Gasteiger partial charge in [0.25, 0.3) is 0 Å². The van der Waals surface area contributed by atoms with E-state index in [1.165, 1.54) is 16.5 Å². The molecular formula is C31H40N4O2. The second-order valence-corrected chi connectivity index (χ2v) is 11.0. The van der Waals surface area contributed by atoms with Gasteiger partial charge in [0.1, 0.15) is 18.2 Å². The highest BCUT2D eigenvalue weighted by Crippen LogP contribution is 2.40. The van der Waals surface area contributed by atoms with Crippen LogP contribution in [0.5, 0.6) is 5.75 Å². The molecule has 2 aliphatic heterocycles. The van der Waals surface area contributed by atoms with E-state index in [1.54, 1.807) is 0 Å². The number of carbonyl (C=O) groups is 1. The molecule has 0 bridgehead atoms. The van der Waals surface area contributed by atoms with Crippen LogP contribution >= 0.6 is 0 Å². The molecule has 1 aromatic heterocycles. The molecule has 0 saturated carbocycles. The van der Waals surface area contributed by atoms with Crippen molar-refractivity contribution in [2.45, 2.75) is 45.1 Å². The largest absolute Gasteiger partial charge is 0.491 e. The highest BCUT2D eigenvalue weighted by atomic mass is 16.5. The van der Waals surface area contributed by atoms with E-state index in [2.05, 4.69) is 60.3 Å². The van der Waals surface area contributed by atoms with Gasteiger partial charge in [-0.05, 0) is 69.0 Å². The molecule has 0 radical (unpaired) electrons. The van der Waals surface area contributed by atoms with Crippen molar-refractivity contribution >= 4 is 22.6 Å². The van der Waals surface area contributed by atoms with Crippen LogP contribution in [0.3, 0.4) is 0 Å². The van der Waals surface area contributed by atoms with E-state index in [0.29, 0.717) is 19.1 Å². The first-order valence-electron chi connectivity index (χ1n) is 13.7. The average molecular weight is 501 g/mol. The fraction of sp³-hybridized carbons (Fsp3) is 0.484. The quantitative estimate of drug-likeness (QED) is 0.498. The summed E-state index contributed by atoms with van der Waals surface area (Å²) < 4.78 is 6.09. The molecule has 3 heterocycles. The molecule has 2 aliphatic rings. The van der Waals surface area contributed by atoms with Crippen LogP contribution in [0.2, 0.25) is 0 Å². The molecule has 5 rings (SSSR count). The minimum atomic E-state index is -0.268. The molecule has 6 nitrogen and oxygen atoms in total. The minimum absolute atomic E-state index is 0.268. The molecule has 0 atom stereocenters. The van der Waals surface area contributed by atoms with E-state index in [9.17, 15) is 4.79 Å². The predicted molar refractivity (Wildman–Crippen MR) is 150 cm³/mol. The number of likely N-dealkylation sites (tertiary alicyclic amines) is 1. The topological polar surface area (TPSA) is 48.9 Å². The van der Waals surface area contributed by atoms with E-state index in [0.717, 1.165) is 75.2 Å². The Balaban J connectivity index is 1.29. The lowest BCUT2D eigenvalue weighted by molar-refractivity contribution is -0.145. The second-order valence-electron chi connectivity index (χ2n) is 11.0. The SMILES string of the molecule is CN1CCOc2ccccc2CCCCC2(CCN(Cc3cc4ccccc4nc3N(C)C)CC2)C1=O. The summed E-state index contributed by atoms with van der Waals surface area (Å²) in [4.78, 5) is 25.3. The molecule has 6 heteroatoms. The van der Waals surface area contributed by atoms with Crippen LogP contribution in [0.1, 0.15) is 43.2 Å². The maximum Gasteiger partial charge on any atom is 0.228 e. The smallest absolute Gasteiger partial charge is 0.228 e. The van der Waals surface area contributed by atoms with Crippen molar-refractivity contribution in [2.75, 3.05) is 52.3 Å². The number of likely N-dealkylation sites (N-methyl/N-ethyl adjacent to an activating group) is 1. The molecule has 1 amide bonds. The number of rotatable bonds is 3. The Morgan fingerprint density at radius 1 is 0.973 bits per heavy atom. The minimum Gasteiger partial charge on any atom is -0.491 e. The summed E-state index contributed by atoms with van der Waals surface area (Å²) in [6.45, 7) is 3.87. The van der Waals surface area contributed by atoms with E-state index < -0.39 is 0 Å². The summed E-state index contributed by atoms with van der Waals surface area (Å²) in [7, 11) is 6.07. The zero-order valence-corrected chi connectivity index (χ0v) is 22.6. The number of hydrogen-bond acceptors (Lipinski definition) is 5. The highest BCUT2D eigenvalue weighted by Gasteiger charge is 2.42. The number of para-hydroxylation sites is 2. The standard InChI is InChI=1S/C31H40N4O2/c1-33(2)29-26(22-25-12-4-6-13-27(25)32-29)23-35-18-16-31(17-19-35)15-9-8-11-24-10-5-7-14-28(24)37-21-20-34(3)30(31)36/h4-7,10,12-14,22H,8-9,11,15-21,23H2,1-3H3. The number of anilines is 1. The van der Waals surface area contributed by atoms with Crippen LogP contribution in [-0.2, 0) is 17.8 Å². The van der Waals surface area contributed by atoms with Crippen molar-refractivity contribution in [3.05, 3.63) is 65.7 Å². The molecule has 1 fully saturated rings. The Bertz CT molecular complexity index is 1230. The first kappa shape index (κ1) is 25.5. The van der Waals surface area contributed by atoms with Gasteiger partial charge < -0.3 is 14.5 Å². The third-order valence-corrected chi connectivity index (χ3v) is 8.22. The Morgan fingerprint density at radius 3 is 2.54 bits per heavy atom. The lowest BCUT2D eigenvalue weighted by Gasteiger charge is -2.43. The number of aromatic nitrogens is 1. The number of carbonyl (C=O) groups excluding carboxylic acids is 1. The van der Waals surface area contributed by atoms with Gasteiger partial charge in [0, 0.05) is 38.6 Å². The zero-order chi connectivity index (χ0) is 25.8. The number of nitrogens with zero attached hydrogens (tertiary/aromatic N) is 4. The second kappa shape index (κ2) is 11.1. The molecule has 1 spiro atoms. The van der Waals surface area contributed by atoms with E-state index in [1.807, 2.05) is 30.1 Å². The Labute approximate surface area is 221 Å². The molecule has 0 unspecified atom stereocenters. The molecule has 0 N–H and O–H groups in total. The number of amides is 1. The molecule has 2 aromatic carbocycles. The van der Waals surface area contributed by atoms with Crippen molar-refractivity contribution in [2.24, 2.45) is 5.41 Å². The predicted octanol–water partition coefficient (Wildman–Crippen LogP) is 5.15. The summed E-state index contributed by atoms with van der Waals surface area (Å²) in [5, 5.41) is 1.18. The summed E-state index contributed by atoms with van der Waals surface area (Å²) in [6, 6.07) is 19.0. The number of benzene rings is 2. The van der Waals surface area contributed by atoms with E-state index in [-0.39, 0.29) is 5.41 Å². The zero-order valence-electron chi connectivity index (χ0n) is 22.6. The Morgan fingerprint density at radius 2 is 1.73 bits per heavy atom. The summed E-state index contributed by atoms with van der Waals surface area (Å²) in [5.41, 5.74) is 3.29. The van der Waals surface area contributed by atoms with Gasteiger partial charge in [-0.25, -0.2) is 4.98 Å². The van der Waals surface area contributed by atoms with Gasteiger partial charge in [0.2, 0.25) is 5.91 Å². The summed E-state index contributed by atoms with van der Waals surface area (Å²) >= 11 is 0. The molecule has 0 aliphatic carbocycles. The fourth-order valence-electron chi connectivity index (χ4n) is 6.03. The normalized spacial score (nSPS) is 19.1. The Hall–Kier alpha value is -3.12. The summed E-state index contributed by atoms with van der Waals surface area (Å²) in [5.74, 6) is 2.29. The molecule has 37 heavy (non-hydrogen) atoms. The van der Waals surface area contributed by atoms with Crippen molar-refractivity contribution in [3.63, 3.8) is 0 Å². The first-order valence-corrected chi connectivity index (χ1v) is 13.7. The number of hydrogen-bond donors (Lipinski definition) is 0. The highest BCUT2D eigenvalue weighted by molar-refractivity contribution is 5.83. The number of fused-ring (bicyclic) bond motifs is 2. The monoisotopic (exact) mass is 500 g/mol. The Kier molecular flexibility index (Phi) is 7.65. The van der Waals surface area contributed by atoms with Crippen LogP contribution in [-0.4, -0.2) is 68.1 Å². The lowest BCUT2D eigenvalue weighted by Crippen LogP contribution is -2.50. The third-order valence-electron chi connectivity index (χ3n) is 8.22. The molecular weight excluding hydrogens is 460 g/mol. The van der Waals surface area contributed by atoms with E-state index >= 15 is 0 Å². The lowest BCUT2D eigenvalue weighted by atomic mass is 9.73. The maximum atomic E-state index is 13.8. The summed E-state index contributed by atoms with van der Waals surface area (Å²) in [6.07, 6.45) is 5.93. The first-order chi connectivity index (χ1) is 17.9. The number of pyridine rings is 1. The van der Waals surface area contributed by atoms with Crippen LogP contribution in [0.4, 0.5) is 5.82 Å². The molecule has 196 valence electrons. The third kappa shape index (κ3) is 5.59. The average Bonchev–Trinajstić information content (AvgIpc) is 2.91. The van der Waals surface area contributed by atoms with Crippen molar-refractivity contribution in [1.82, 2.24) is 14.8 Å². The van der Waals surface area contributed by atoms with E-state index in [4.69, 9.17) is 9.72 Å². The van der Waals surface area contributed by atoms with Crippen LogP contribution in [0, 0.1) is 5.41 Å². The number of ether oxygens (including phenoxy) is 1. The van der Waals surface area contributed by atoms with Gasteiger partial charge in [0.15, 0.2) is 0 Å². The maximum absolute atomic E-state index is 13.8. The van der Waals surface area contributed by atoms with Crippen LogP contribution in [0.15, 0.2) is 54.6 Å².